The van der Waals surface area contributed by atoms with E-state index >= 15 is 0 Å². The van der Waals surface area contributed by atoms with Crippen molar-refractivity contribution in [2.24, 2.45) is 0 Å². The second-order valence-corrected chi connectivity index (χ2v) is 5.65. The lowest BCUT2D eigenvalue weighted by molar-refractivity contribution is -0.294. The predicted molar refractivity (Wildman–Crippen MR) is 128 cm³/mol. The highest BCUT2D eigenvalue weighted by atomic mass is 128. The van der Waals surface area contributed by atoms with Gasteiger partial charge in [0, 0.05) is 51.5 Å². The first-order chi connectivity index (χ1) is 13.7. The largest absolute Gasteiger partial charge is 0.400 e. The Hall–Kier alpha value is 1.67. The summed E-state index contributed by atoms with van der Waals surface area (Å²) in [6.07, 6.45) is -13.0. The van der Waals surface area contributed by atoms with Crippen molar-refractivity contribution in [2.75, 3.05) is 27.4 Å². The smallest absolute Gasteiger partial charge is 0.186 e. The molecule has 0 amide bonds. The Kier molecular flexibility index (Phi) is 24.3. The van der Waals surface area contributed by atoms with Gasteiger partial charge in [0.2, 0.25) is 0 Å². The normalized spacial score (nSPS) is 40.2. The van der Waals surface area contributed by atoms with Crippen molar-refractivity contribution in [3.05, 3.63) is 0 Å². The maximum absolute atomic E-state index is 9.28. The molecule has 30 heavy (non-hydrogen) atoms. The van der Waals surface area contributed by atoms with Crippen LogP contribution >= 0.6 is 61.2 Å². The van der Waals surface area contributed by atoms with E-state index in [-0.39, 0.29) is 24.0 Å². The molecule has 0 radical (unpaired) electrons. The van der Waals surface area contributed by atoms with Crippen molar-refractivity contribution in [3.63, 3.8) is 0 Å². The monoisotopic (exact) mass is 788 g/mol. The number of ether oxygens (including phenoxy) is 3. The summed E-state index contributed by atoms with van der Waals surface area (Å²) >= 11 is 4.24. The number of hydrogen-bond donors (Lipinski definition) is 10. The Morgan fingerprint density at radius 2 is 1.03 bits per heavy atom. The summed E-state index contributed by atoms with van der Waals surface area (Å²) in [7, 11) is 2.30. The third kappa shape index (κ3) is 10.7. The van der Waals surface area contributed by atoms with E-state index in [0.29, 0.717) is 0 Å². The van der Waals surface area contributed by atoms with Gasteiger partial charge in [0.15, 0.2) is 12.6 Å². The summed E-state index contributed by atoms with van der Waals surface area (Å²) in [6.45, 7) is -0.965. The summed E-state index contributed by atoms with van der Waals surface area (Å²) in [5.74, 6) is 0. The zero-order chi connectivity index (χ0) is 23.3. The van der Waals surface area contributed by atoms with Crippen molar-refractivity contribution in [1.82, 2.24) is 0 Å². The van der Waals surface area contributed by atoms with Gasteiger partial charge in [-0.1, -0.05) is 0 Å². The fourth-order valence-electron chi connectivity index (χ4n) is 2.34. The molecule has 0 aromatic rings. The van der Waals surface area contributed by atoms with Crippen LogP contribution in [0.3, 0.4) is 0 Å². The van der Waals surface area contributed by atoms with E-state index in [9.17, 15) is 15.3 Å². The van der Waals surface area contributed by atoms with Crippen LogP contribution in [0.2, 0.25) is 0 Å². The second-order valence-electron chi connectivity index (χ2n) is 5.65. The van der Waals surface area contributed by atoms with Crippen LogP contribution in [0.4, 0.5) is 0 Å². The fourth-order valence-corrected chi connectivity index (χ4v) is 2.34. The minimum absolute atomic E-state index is 0. The molecule has 0 aromatic heterocycles. The SMILES string of the molecule is CO.COC1OC(CO)C(O)C(O)C1O.I.II.OCC1OC(O)C(O)C(O)C1O. The molecule has 2 aliphatic heterocycles. The van der Waals surface area contributed by atoms with Gasteiger partial charge in [0.25, 0.3) is 0 Å². The maximum atomic E-state index is 9.28. The van der Waals surface area contributed by atoms with Gasteiger partial charge in [-0.05, 0) is 0 Å². The lowest BCUT2D eigenvalue weighted by atomic mass is 9.99. The molecule has 2 heterocycles. The van der Waals surface area contributed by atoms with Crippen molar-refractivity contribution < 1.29 is 65.3 Å². The highest BCUT2D eigenvalue weighted by molar-refractivity contribution is 15.0. The molecule has 2 saturated heterocycles. The van der Waals surface area contributed by atoms with E-state index in [0.717, 1.165) is 7.11 Å². The topological polar surface area (TPSA) is 230 Å². The summed E-state index contributed by atoms with van der Waals surface area (Å²) in [5.41, 5.74) is 0. The third-order valence-corrected chi connectivity index (χ3v) is 3.95. The number of rotatable bonds is 3. The Balaban J connectivity index is -0.000000406. The first kappa shape index (κ1) is 36.2. The quantitative estimate of drug-likeness (QED) is 0.124. The Morgan fingerprint density at radius 1 is 0.667 bits per heavy atom. The number of methoxy groups -OCH3 is 1. The van der Waals surface area contributed by atoms with Gasteiger partial charge in [0.1, 0.15) is 48.8 Å². The zero-order valence-electron chi connectivity index (χ0n) is 16.0. The molecule has 10 unspecified atom stereocenters. The molecule has 0 aliphatic carbocycles. The molecule has 0 spiro atoms. The number of aliphatic hydroxyl groups is 10. The molecule has 2 aliphatic rings. The molecule has 0 saturated carbocycles. The molecule has 13 nitrogen and oxygen atoms in total. The van der Waals surface area contributed by atoms with Crippen molar-refractivity contribution in [1.29, 1.82) is 0 Å². The van der Waals surface area contributed by atoms with Gasteiger partial charge in [0.05, 0.1) is 13.2 Å². The van der Waals surface area contributed by atoms with Gasteiger partial charge in [-0.2, -0.15) is 0 Å². The van der Waals surface area contributed by atoms with Crippen molar-refractivity contribution >= 4 is 61.2 Å². The predicted octanol–water partition coefficient (Wildman–Crippen LogP) is -3.79. The van der Waals surface area contributed by atoms with Gasteiger partial charge >= 0.3 is 0 Å². The Morgan fingerprint density at radius 3 is 1.40 bits per heavy atom. The lowest BCUT2D eigenvalue weighted by Crippen LogP contribution is -2.58. The average Bonchev–Trinajstić information content (AvgIpc) is 2.76. The van der Waals surface area contributed by atoms with Crippen LogP contribution in [0.15, 0.2) is 0 Å². The van der Waals surface area contributed by atoms with Crippen molar-refractivity contribution in [2.45, 2.75) is 61.4 Å². The van der Waals surface area contributed by atoms with E-state index < -0.39 is 74.6 Å². The molecular weight excluding hydrogens is 757 g/mol. The summed E-state index contributed by atoms with van der Waals surface area (Å²) in [4.78, 5) is 0. The second kappa shape index (κ2) is 20.1. The molecule has 2 fully saturated rings. The zero-order valence-corrected chi connectivity index (χ0v) is 22.7. The van der Waals surface area contributed by atoms with Crippen LogP contribution in [0.25, 0.3) is 0 Å². The highest BCUT2D eigenvalue weighted by Gasteiger charge is 2.44. The first-order valence-corrected chi connectivity index (χ1v) is 14.4. The fraction of sp³-hybridized carbons (Fsp3) is 1.00. The Labute approximate surface area is 213 Å². The van der Waals surface area contributed by atoms with Crippen LogP contribution in [0.1, 0.15) is 0 Å². The third-order valence-electron chi connectivity index (χ3n) is 3.95. The molecule has 10 atom stereocenters. The lowest BCUT2D eigenvalue weighted by Gasteiger charge is -2.38. The molecule has 16 heteroatoms. The molecular formula is C14H31I3O13. The van der Waals surface area contributed by atoms with E-state index in [1.165, 1.54) is 7.11 Å². The van der Waals surface area contributed by atoms with Gasteiger partial charge in [-0.3, -0.25) is 0 Å². The maximum Gasteiger partial charge on any atom is 0.186 e. The van der Waals surface area contributed by atoms with E-state index in [1.54, 1.807) is 0 Å². The highest BCUT2D eigenvalue weighted by Crippen LogP contribution is 2.21. The molecule has 2 rings (SSSR count). The van der Waals surface area contributed by atoms with Gasteiger partial charge in [-0.25, -0.2) is 0 Å². The standard InChI is InChI=1S/C7H14O6.C6H12O6.CH4O.I2.HI/c1-12-7-6(11)5(10)4(9)3(2-8)13-7;7-1-2-3(8)4(9)5(10)6(11)12-2;2*1-2;/h3-11H,2H2,1H3;2-11H,1H2;2H,1H3;;1H. The van der Waals surface area contributed by atoms with E-state index in [2.05, 4.69) is 42.0 Å². The van der Waals surface area contributed by atoms with Gasteiger partial charge < -0.3 is 65.3 Å². The van der Waals surface area contributed by atoms with Crippen LogP contribution in [-0.2, 0) is 14.2 Å². The number of hydrogen-bond acceptors (Lipinski definition) is 13. The van der Waals surface area contributed by atoms with Crippen LogP contribution in [-0.4, -0.2) is 140 Å². The van der Waals surface area contributed by atoms with Crippen LogP contribution < -0.4 is 0 Å². The molecule has 186 valence electrons. The van der Waals surface area contributed by atoms with E-state index in [1.807, 2.05) is 0 Å². The van der Waals surface area contributed by atoms with Crippen molar-refractivity contribution in [3.8, 4) is 0 Å². The minimum Gasteiger partial charge on any atom is -0.400 e. The van der Waals surface area contributed by atoms with E-state index in [4.69, 9.17) is 45.2 Å². The Bertz CT molecular complexity index is 375. The number of aliphatic hydroxyl groups excluding tert-OH is 10. The number of halogens is 3. The summed E-state index contributed by atoms with van der Waals surface area (Å²) < 4.78 is 14.2. The first-order valence-electron chi connectivity index (χ1n) is 8.10. The minimum atomic E-state index is -1.57. The molecule has 0 bridgehead atoms. The van der Waals surface area contributed by atoms with Crippen LogP contribution in [0.5, 0.6) is 0 Å². The summed E-state index contributed by atoms with van der Waals surface area (Å²) in [5, 5.41) is 88.2. The van der Waals surface area contributed by atoms with Crippen LogP contribution in [0, 0.1) is 0 Å². The van der Waals surface area contributed by atoms with Gasteiger partial charge in [-0.15, -0.1) is 24.0 Å². The molecule has 0 aromatic carbocycles. The average molecular weight is 788 g/mol. The summed E-state index contributed by atoms with van der Waals surface area (Å²) in [6, 6.07) is 0. The molecule has 10 N–H and O–H groups in total.